The highest BCUT2D eigenvalue weighted by atomic mass is 16.5. The molecule has 1 atom stereocenters. The molecule has 1 amide bonds. The van der Waals surface area contributed by atoms with Crippen molar-refractivity contribution in [3.8, 4) is 0 Å². The molecule has 30 heavy (non-hydrogen) atoms. The lowest BCUT2D eigenvalue weighted by Crippen LogP contribution is -2.33. The van der Waals surface area contributed by atoms with Crippen molar-refractivity contribution in [2.45, 2.75) is 26.4 Å². The molecule has 2 aromatic heterocycles. The number of aromatic nitrogens is 3. The van der Waals surface area contributed by atoms with E-state index < -0.39 is 0 Å². The van der Waals surface area contributed by atoms with Crippen molar-refractivity contribution in [2.75, 3.05) is 13.7 Å². The van der Waals surface area contributed by atoms with Crippen molar-refractivity contribution in [3.05, 3.63) is 66.1 Å². The number of methoxy groups -OCH3 is 1. The molecule has 0 aliphatic carbocycles. The van der Waals surface area contributed by atoms with Crippen LogP contribution in [0.1, 0.15) is 36.1 Å². The van der Waals surface area contributed by atoms with Crippen LogP contribution in [0.2, 0.25) is 0 Å². The Morgan fingerprint density at radius 2 is 1.80 bits per heavy atom. The number of amides is 1. The normalized spacial score (nSPS) is 12.7. The van der Waals surface area contributed by atoms with Gasteiger partial charge in [0.05, 0.1) is 29.2 Å². The number of imidazole rings is 1. The fraction of sp³-hybridized carbons (Fsp3) is 0.333. The minimum atomic E-state index is -0.198. The molecule has 0 aliphatic rings. The molecular formula is C24H28N4O2. The highest BCUT2D eigenvalue weighted by Gasteiger charge is 2.25. The summed E-state index contributed by atoms with van der Waals surface area (Å²) in [7, 11) is 3.69. The molecule has 6 nitrogen and oxygen atoms in total. The SMILES string of the molecule is COCCn1cc(C(=O)N[C@H](c2nc3ccccc3n2C)C(C)C)c2ccccc21. The molecular weight excluding hydrogens is 376 g/mol. The van der Waals surface area contributed by atoms with Crippen molar-refractivity contribution in [2.24, 2.45) is 13.0 Å². The third-order valence-corrected chi connectivity index (χ3v) is 5.62. The van der Waals surface area contributed by atoms with Gasteiger partial charge in [-0.1, -0.05) is 44.2 Å². The average Bonchev–Trinajstić information content (AvgIpc) is 3.28. The van der Waals surface area contributed by atoms with Crippen molar-refractivity contribution in [1.82, 2.24) is 19.4 Å². The molecule has 1 N–H and O–H groups in total. The van der Waals surface area contributed by atoms with E-state index in [-0.39, 0.29) is 17.9 Å². The van der Waals surface area contributed by atoms with Gasteiger partial charge in [0.25, 0.3) is 5.91 Å². The number of para-hydroxylation sites is 3. The summed E-state index contributed by atoms with van der Waals surface area (Å²) < 4.78 is 9.38. The standard InChI is InChI=1S/C24H28N4O2/c1-16(2)22(23-25-19-10-6-8-12-21(19)27(23)3)26-24(29)18-15-28(13-14-30-4)20-11-7-5-9-17(18)20/h5-12,15-16,22H,13-14H2,1-4H3,(H,26,29)/t22-/m0/s1. The Kier molecular flexibility index (Phi) is 5.59. The third-order valence-electron chi connectivity index (χ3n) is 5.62. The number of ether oxygens (including phenoxy) is 1. The van der Waals surface area contributed by atoms with Gasteiger partial charge in [-0.15, -0.1) is 0 Å². The van der Waals surface area contributed by atoms with E-state index in [4.69, 9.17) is 9.72 Å². The average molecular weight is 405 g/mol. The maximum absolute atomic E-state index is 13.4. The van der Waals surface area contributed by atoms with Crippen molar-refractivity contribution in [1.29, 1.82) is 0 Å². The maximum atomic E-state index is 13.4. The van der Waals surface area contributed by atoms with E-state index in [0.29, 0.717) is 18.7 Å². The van der Waals surface area contributed by atoms with Gasteiger partial charge in [-0.2, -0.15) is 0 Å². The number of hydrogen-bond acceptors (Lipinski definition) is 3. The Balaban J connectivity index is 1.70. The molecule has 0 bridgehead atoms. The number of hydrogen-bond donors (Lipinski definition) is 1. The Morgan fingerprint density at radius 1 is 1.10 bits per heavy atom. The summed E-state index contributed by atoms with van der Waals surface area (Å²) >= 11 is 0. The van der Waals surface area contributed by atoms with Gasteiger partial charge >= 0.3 is 0 Å². The molecule has 0 aliphatic heterocycles. The Morgan fingerprint density at radius 3 is 2.50 bits per heavy atom. The summed E-state index contributed by atoms with van der Waals surface area (Å²) in [5.41, 5.74) is 3.70. The number of carbonyl (C=O) groups is 1. The first kappa shape index (κ1) is 20.2. The Bertz CT molecular complexity index is 1190. The number of fused-ring (bicyclic) bond motifs is 2. The van der Waals surface area contributed by atoms with Crippen LogP contribution in [0.15, 0.2) is 54.7 Å². The zero-order chi connectivity index (χ0) is 21.3. The first-order chi connectivity index (χ1) is 14.5. The van der Waals surface area contributed by atoms with Gasteiger partial charge in [-0.25, -0.2) is 4.98 Å². The van der Waals surface area contributed by atoms with Gasteiger partial charge in [-0.3, -0.25) is 4.79 Å². The van der Waals surface area contributed by atoms with Crippen LogP contribution in [0, 0.1) is 5.92 Å². The Hall–Kier alpha value is -3.12. The molecule has 2 heterocycles. The molecule has 156 valence electrons. The second kappa shape index (κ2) is 8.32. The first-order valence-electron chi connectivity index (χ1n) is 10.3. The summed E-state index contributed by atoms with van der Waals surface area (Å²) in [4.78, 5) is 18.2. The molecule has 2 aromatic carbocycles. The highest BCUT2D eigenvalue weighted by Crippen LogP contribution is 2.27. The second-order valence-electron chi connectivity index (χ2n) is 7.96. The van der Waals surface area contributed by atoms with Gasteiger partial charge in [0.1, 0.15) is 5.82 Å². The summed E-state index contributed by atoms with van der Waals surface area (Å²) in [6.45, 7) is 5.50. The fourth-order valence-corrected chi connectivity index (χ4v) is 3.99. The second-order valence-corrected chi connectivity index (χ2v) is 7.96. The van der Waals surface area contributed by atoms with E-state index in [9.17, 15) is 4.79 Å². The first-order valence-corrected chi connectivity index (χ1v) is 10.3. The summed E-state index contributed by atoms with van der Waals surface area (Å²) in [5, 5.41) is 4.19. The predicted molar refractivity (Wildman–Crippen MR) is 120 cm³/mol. The summed E-state index contributed by atoms with van der Waals surface area (Å²) in [5.74, 6) is 0.960. The van der Waals surface area contributed by atoms with Gasteiger partial charge in [0.2, 0.25) is 0 Å². The van der Waals surface area contributed by atoms with Crippen LogP contribution in [0.3, 0.4) is 0 Å². The van der Waals surface area contributed by atoms with Gasteiger partial charge in [0.15, 0.2) is 0 Å². The predicted octanol–water partition coefficient (Wildman–Crippen LogP) is 4.30. The van der Waals surface area contributed by atoms with Crippen molar-refractivity contribution >= 4 is 27.8 Å². The number of carbonyl (C=O) groups excluding carboxylic acids is 1. The van der Waals surface area contributed by atoms with Crippen LogP contribution < -0.4 is 5.32 Å². The smallest absolute Gasteiger partial charge is 0.254 e. The molecule has 0 spiro atoms. The molecule has 4 rings (SSSR count). The number of nitrogens with zero attached hydrogens (tertiary/aromatic N) is 3. The zero-order valence-electron chi connectivity index (χ0n) is 17.9. The van der Waals surface area contributed by atoms with Crippen LogP contribution in [0.4, 0.5) is 0 Å². The van der Waals surface area contributed by atoms with Crippen molar-refractivity contribution < 1.29 is 9.53 Å². The lowest BCUT2D eigenvalue weighted by molar-refractivity contribution is 0.0923. The Labute approximate surface area is 176 Å². The van der Waals surface area contributed by atoms with Gasteiger partial charge in [-0.05, 0) is 24.1 Å². The summed E-state index contributed by atoms with van der Waals surface area (Å²) in [6, 6.07) is 15.8. The molecule has 0 unspecified atom stereocenters. The lowest BCUT2D eigenvalue weighted by atomic mass is 10.0. The van der Waals surface area contributed by atoms with E-state index in [0.717, 1.165) is 27.8 Å². The molecule has 6 heteroatoms. The van der Waals surface area contributed by atoms with E-state index in [2.05, 4.69) is 34.4 Å². The van der Waals surface area contributed by atoms with Gasteiger partial charge in [0, 0.05) is 37.8 Å². The highest BCUT2D eigenvalue weighted by molar-refractivity contribution is 6.07. The van der Waals surface area contributed by atoms with Crippen LogP contribution in [0.5, 0.6) is 0 Å². The minimum absolute atomic E-state index is 0.0897. The van der Waals surface area contributed by atoms with Gasteiger partial charge < -0.3 is 19.2 Å². The lowest BCUT2D eigenvalue weighted by Gasteiger charge is -2.22. The van der Waals surface area contributed by atoms with Crippen LogP contribution in [-0.2, 0) is 18.3 Å². The monoisotopic (exact) mass is 404 g/mol. The largest absolute Gasteiger partial charge is 0.383 e. The van der Waals surface area contributed by atoms with E-state index in [1.165, 1.54) is 0 Å². The fourth-order valence-electron chi connectivity index (χ4n) is 3.99. The molecule has 0 saturated carbocycles. The minimum Gasteiger partial charge on any atom is -0.383 e. The third kappa shape index (κ3) is 3.59. The number of rotatable bonds is 7. The van der Waals surface area contributed by atoms with Crippen LogP contribution in [-0.4, -0.2) is 33.7 Å². The number of aryl methyl sites for hydroxylation is 1. The molecule has 0 fully saturated rings. The molecule has 4 aromatic rings. The van der Waals surface area contributed by atoms with Crippen LogP contribution >= 0.6 is 0 Å². The zero-order valence-corrected chi connectivity index (χ0v) is 17.9. The molecule has 0 radical (unpaired) electrons. The molecule has 0 saturated heterocycles. The van der Waals surface area contributed by atoms with E-state index >= 15 is 0 Å². The number of benzene rings is 2. The van der Waals surface area contributed by atoms with Crippen molar-refractivity contribution in [3.63, 3.8) is 0 Å². The maximum Gasteiger partial charge on any atom is 0.254 e. The quantitative estimate of drug-likeness (QED) is 0.500. The topological polar surface area (TPSA) is 61.1 Å². The summed E-state index contributed by atoms with van der Waals surface area (Å²) in [6.07, 6.45) is 1.92. The van der Waals surface area contributed by atoms with E-state index in [1.54, 1.807) is 7.11 Å². The number of nitrogens with one attached hydrogen (secondary N) is 1. The van der Waals surface area contributed by atoms with E-state index in [1.807, 2.05) is 55.7 Å². The van der Waals surface area contributed by atoms with Crippen LogP contribution in [0.25, 0.3) is 21.9 Å².